The van der Waals surface area contributed by atoms with Gasteiger partial charge >= 0.3 is 47.9 Å². The van der Waals surface area contributed by atoms with Crippen molar-refractivity contribution in [2.75, 3.05) is 6.54 Å². The van der Waals surface area contributed by atoms with E-state index < -0.39 is 251 Å². The van der Waals surface area contributed by atoms with Crippen LogP contribution in [-0.2, 0) is 95.5 Å². The van der Waals surface area contributed by atoms with Crippen molar-refractivity contribution >= 4 is 83.3 Å². The molecular weight excluding hydrogens is 1300 g/mol. The van der Waals surface area contributed by atoms with Crippen LogP contribution in [0.25, 0.3) is 0 Å². The average molecular weight is 1390 g/mol. The number of hydrogen-bond acceptors (Lipinski definition) is 22. The summed E-state index contributed by atoms with van der Waals surface area (Å²) in [5, 5.41) is 16.2. The van der Waals surface area contributed by atoms with E-state index in [1.165, 1.54) is 118 Å². The first-order valence-electron chi connectivity index (χ1n) is 31.3. The van der Waals surface area contributed by atoms with Gasteiger partial charge in [0, 0.05) is 0 Å². The number of cyclic esters (lactones) is 6. The molecule has 0 saturated carbocycles. The number of carbonyl (C=O) groups is 14. The summed E-state index contributed by atoms with van der Waals surface area (Å²) in [5.41, 5.74) is -2.48. The second kappa shape index (κ2) is 36.6. The third kappa shape index (κ3) is 23.8. The second-order valence-corrected chi connectivity index (χ2v) is 26.4. The van der Waals surface area contributed by atoms with Gasteiger partial charge in [0.15, 0.2) is 36.1 Å². The maximum Gasteiger partial charge on any atom is 0.408 e. The van der Waals surface area contributed by atoms with E-state index in [-0.39, 0.29) is 0 Å². The molecule has 0 aromatic heterocycles. The molecule has 1 aromatic carbocycles. The molecule has 7 N–H and O–H groups in total. The van der Waals surface area contributed by atoms with Crippen LogP contribution in [0, 0.1) is 76.4 Å². The van der Waals surface area contributed by atoms with E-state index in [0.29, 0.717) is 0 Å². The molecule has 0 spiro atoms. The van der Waals surface area contributed by atoms with Crippen molar-refractivity contribution in [2.24, 2.45) is 47.3 Å². The van der Waals surface area contributed by atoms with E-state index in [0.717, 1.165) is 27.7 Å². The third-order valence-electron chi connectivity index (χ3n) is 14.7. The van der Waals surface area contributed by atoms with Crippen LogP contribution in [0.4, 0.5) is 26.7 Å². The van der Waals surface area contributed by atoms with E-state index in [4.69, 9.17) is 33.2 Å². The van der Waals surface area contributed by atoms with Gasteiger partial charge in [-0.25, -0.2) is 51.5 Å². The molecule has 0 radical (unpaired) electrons. The van der Waals surface area contributed by atoms with Gasteiger partial charge in [-0.15, -0.1) is 0 Å². The molecule has 7 amide bonds. The van der Waals surface area contributed by atoms with Crippen molar-refractivity contribution in [1.82, 2.24) is 37.2 Å². The number of benzene rings is 1. The molecule has 97 heavy (non-hydrogen) atoms. The van der Waals surface area contributed by atoms with Gasteiger partial charge in [-0.2, -0.15) is 8.78 Å². The van der Waals surface area contributed by atoms with Gasteiger partial charge in [0.25, 0.3) is 35.4 Å². The summed E-state index contributed by atoms with van der Waals surface area (Å²) in [5.74, 6) is -37.3. The highest BCUT2D eigenvalue weighted by Crippen LogP contribution is 2.30. The van der Waals surface area contributed by atoms with E-state index >= 15 is 0 Å². The quantitative estimate of drug-likeness (QED) is 0.0371. The summed E-state index contributed by atoms with van der Waals surface area (Å²) < 4.78 is 113. The highest BCUT2D eigenvalue weighted by Gasteiger charge is 2.47. The number of halogens is 5. The molecule has 1 aromatic rings. The van der Waals surface area contributed by atoms with E-state index in [1.807, 2.05) is 0 Å². The second-order valence-electron chi connectivity index (χ2n) is 26.4. The topological polar surface area (TPSA) is 397 Å². The maximum atomic E-state index is 14.6. The molecule has 2 rings (SSSR count). The minimum atomic E-state index is -2.58. The monoisotopic (exact) mass is 1390 g/mol. The molecule has 34 heteroatoms. The van der Waals surface area contributed by atoms with E-state index in [9.17, 15) is 89.1 Å². The van der Waals surface area contributed by atoms with Gasteiger partial charge in [0.05, 0.1) is 0 Å². The molecule has 29 nitrogen and oxygen atoms in total. The average Bonchev–Trinajstić information content (AvgIpc) is 0.806. The van der Waals surface area contributed by atoms with Gasteiger partial charge in [-0.3, -0.25) is 28.8 Å². The zero-order valence-corrected chi connectivity index (χ0v) is 58.1. The first-order valence-corrected chi connectivity index (χ1v) is 31.3. The van der Waals surface area contributed by atoms with Crippen LogP contribution in [0.5, 0.6) is 5.75 Å². The van der Waals surface area contributed by atoms with Gasteiger partial charge in [0.2, 0.25) is 40.9 Å². The van der Waals surface area contributed by atoms with Crippen molar-refractivity contribution in [2.45, 2.75) is 224 Å². The molecule has 1 aliphatic rings. The van der Waals surface area contributed by atoms with Gasteiger partial charge < -0.3 is 75.1 Å². The molecule has 1 heterocycles. The Balaban J connectivity index is 2.81. The summed E-state index contributed by atoms with van der Waals surface area (Å²) in [4.78, 5) is 194. The number of nitrogens with one attached hydrogen (secondary N) is 7. The molecule has 0 aliphatic carbocycles. The van der Waals surface area contributed by atoms with Gasteiger partial charge in [-0.05, 0) is 82.0 Å². The molecule has 546 valence electrons. The Labute approximate surface area is 558 Å². The zero-order valence-electron chi connectivity index (χ0n) is 58.1. The largest absolute Gasteiger partial charge is 0.451 e. The van der Waals surface area contributed by atoms with Crippen molar-refractivity contribution < 1.29 is 127 Å². The van der Waals surface area contributed by atoms with Crippen LogP contribution in [0.2, 0.25) is 0 Å². The predicted octanol–water partition coefficient (Wildman–Crippen LogP) is 3.49. The Morgan fingerprint density at radius 1 is 0.381 bits per heavy atom. The Hall–Kier alpha value is -8.75. The maximum absolute atomic E-state index is 14.6. The van der Waals surface area contributed by atoms with Crippen LogP contribution in [0.1, 0.15) is 145 Å². The highest BCUT2D eigenvalue weighted by molar-refractivity contribution is 5.96. The molecule has 0 unspecified atom stereocenters. The van der Waals surface area contributed by atoms with Crippen LogP contribution in [-0.4, -0.2) is 168 Å². The predicted molar refractivity (Wildman–Crippen MR) is 327 cm³/mol. The Morgan fingerprint density at radius 2 is 0.629 bits per heavy atom. The molecule has 0 bridgehead atoms. The Morgan fingerprint density at radius 3 is 0.907 bits per heavy atom. The van der Waals surface area contributed by atoms with Crippen molar-refractivity contribution in [1.29, 1.82) is 0 Å². The van der Waals surface area contributed by atoms with Crippen molar-refractivity contribution in [3.63, 3.8) is 0 Å². The third-order valence-corrected chi connectivity index (χ3v) is 14.7. The molecular formula is C63H92F5N7O22. The lowest BCUT2D eigenvalue weighted by molar-refractivity contribution is -0.175. The number of esters is 7. The summed E-state index contributed by atoms with van der Waals surface area (Å²) in [6, 6.07) is -9.69. The number of rotatable bonds is 13. The lowest BCUT2D eigenvalue weighted by Gasteiger charge is -2.35. The fourth-order valence-corrected chi connectivity index (χ4v) is 8.78. The summed E-state index contributed by atoms with van der Waals surface area (Å²) in [6.07, 6.45) is -12.7. The zero-order chi connectivity index (χ0) is 74.9. The van der Waals surface area contributed by atoms with Gasteiger partial charge in [-0.1, -0.05) is 111 Å². The molecule has 1 aliphatic heterocycles. The first kappa shape index (κ1) is 84.3. The lowest BCUT2D eigenvalue weighted by Crippen LogP contribution is -2.59. The first-order chi connectivity index (χ1) is 44.6. The molecule has 1 saturated heterocycles. The SMILES string of the molecule is CC(C)[C@@H]1NC(=O)[C@H](C)OC(=O)[C@@H](C(C)C)NC(=O)[C@@H](C(C)(C)OC(=O)NCC(=O)Oc2c(F)c(F)c(F)c(F)c2F)OC(=O)[C@H](C(C)C)NC(=O)[C@H](C)OC(=O)[C@@H](C(C)C)NC(=O)[C@@H](C(C)C)OC(=O)[C@H](C(C)C)NC(=O)[C@H](C)OC(=O)[C@@H](C(C)C)NC(=O)[C@@H](C(C)C)OC1=O. The number of ether oxygens (including phenoxy) is 8. The van der Waals surface area contributed by atoms with Crippen LogP contribution in [0.3, 0.4) is 0 Å². The Bertz CT molecular complexity index is 3030. The standard InChI is InChI=1S/C63H92F5N7O22/c1-23(2)40-56(83)90-31(17)50(77)70-43(26(7)8)59(86)94-47(30(15)16)54(81)74-41(24(3)4)57(84)91-33(19)52(79)72-45(28(11)12)61(88)96-49(63(20,21)97-62(89)69-22-34(76)93-48-38(67)36(65)35(64)37(66)39(48)68)55(82)75-42(25(5)6)58(85)92-32(18)51(78)71-44(27(9)10)60(87)95-46(29(13)14)53(80)73-40/h23-33,40-47,49H,22H2,1-21H3,(H,69,89)(H,70,77)(H,71,78)(H,72,79)(H,73,80)(H,74,81)(H,75,82)/t31-,32-,33-,40+,41+,42+,43-,44-,45-,46+,47+,49-/m0/s1. The van der Waals surface area contributed by atoms with Crippen LogP contribution in [0.15, 0.2) is 0 Å². The number of amides is 7. The fourth-order valence-electron chi connectivity index (χ4n) is 8.78. The summed E-state index contributed by atoms with van der Waals surface area (Å²) in [7, 11) is 0. The van der Waals surface area contributed by atoms with Crippen LogP contribution < -0.4 is 42.0 Å². The van der Waals surface area contributed by atoms with Crippen LogP contribution >= 0.6 is 0 Å². The minimum Gasteiger partial charge on any atom is -0.451 e. The number of hydrogen-bond donors (Lipinski definition) is 7. The van der Waals surface area contributed by atoms with E-state index in [1.54, 1.807) is 5.32 Å². The number of carbonyl (C=O) groups excluding carboxylic acids is 14. The van der Waals surface area contributed by atoms with Gasteiger partial charge in [0.1, 0.15) is 42.8 Å². The fraction of sp³-hybridized carbons (Fsp3) is 0.683. The normalized spacial score (nSPS) is 25.5. The minimum absolute atomic E-state index is 0.730. The van der Waals surface area contributed by atoms with Crippen molar-refractivity contribution in [3.05, 3.63) is 29.1 Å². The summed E-state index contributed by atoms with van der Waals surface area (Å²) >= 11 is 0. The molecule has 12 atom stereocenters. The Kier molecular flexibility index (Phi) is 31.8. The highest BCUT2D eigenvalue weighted by atomic mass is 19.2. The van der Waals surface area contributed by atoms with E-state index in [2.05, 4.69) is 36.6 Å². The smallest absolute Gasteiger partial charge is 0.408 e. The lowest BCUT2D eigenvalue weighted by atomic mass is 9.97. The number of alkyl carbamates (subject to hydrolysis) is 1. The van der Waals surface area contributed by atoms with Crippen molar-refractivity contribution in [3.8, 4) is 5.75 Å². The summed E-state index contributed by atoms with van der Waals surface area (Å²) in [6.45, 7) is 27.4. The molecule has 1 fully saturated rings.